The number of methoxy groups -OCH3 is 1. The van der Waals surface area contributed by atoms with E-state index in [1.165, 1.54) is 7.11 Å². The topological polar surface area (TPSA) is 71.1 Å². The minimum atomic E-state index is -2.87. The normalized spacial score (nSPS) is 27.0. The summed E-state index contributed by atoms with van der Waals surface area (Å²) in [5, 5.41) is 2.04. The summed E-state index contributed by atoms with van der Waals surface area (Å²) in [6.07, 6.45) is 1.75. The van der Waals surface area contributed by atoms with E-state index in [1.54, 1.807) is 33.8 Å². The van der Waals surface area contributed by atoms with Crippen molar-refractivity contribution in [3.63, 3.8) is 0 Å². The third-order valence-corrected chi connectivity index (χ3v) is 13.2. The highest BCUT2D eigenvalue weighted by molar-refractivity contribution is 6.99. The number of hydrogen-bond acceptors (Lipinski definition) is 6. The Morgan fingerprint density at radius 3 is 1.76 bits per heavy atom. The van der Waals surface area contributed by atoms with Gasteiger partial charge in [-0.1, -0.05) is 81.4 Å². The van der Waals surface area contributed by atoms with Crippen LogP contribution < -0.4 is 10.4 Å². The second kappa shape index (κ2) is 9.35. The molecule has 7 heteroatoms. The summed E-state index contributed by atoms with van der Waals surface area (Å²) < 4.78 is 12.9. The molecule has 0 aromatic heterocycles. The van der Waals surface area contributed by atoms with E-state index in [1.807, 2.05) is 43.3 Å². The average Bonchev–Trinajstić information content (AvgIpc) is 2.88. The first kappa shape index (κ1) is 28.6. The Kier molecular flexibility index (Phi) is 7.03. The van der Waals surface area contributed by atoms with E-state index in [0.717, 1.165) is 10.4 Å². The molecule has 1 aliphatic carbocycles. The lowest BCUT2D eigenvalue weighted by molar-refractivity contribution is -0.470. The van der Waals surface area contributed by atoms with E-state index < -0.39 is 30.5 Å². The fourth-order valence-electron chi connectivity index (χ4n) is 6.13. The van der Waals surface area contributed by atoms with Gasteiger partial charge >= 0.3 is 0 Å². The predicted molar refractivity (Wildman–Crippen MR) is 150 cm³/mol. The Morgan fingerprint density at radius 1 is 0.816 bits per heavy atom. The van der Waals surface area contributed by atoms with Crippen LogP contribution in [0.25, 0.3) is 0 Å². The molecule has 6 nitrogen and oxygen atoms in total. The molecule has 0 bridgehead atoms. The third-order valence-electron chi connectivity index (χ3n) is 8.20. The lowest BCUT2D eigenvalue weighted by atomic mass is 9.57. The molecule has 204 valence electrons. The van der Waals surface area contributed by atoms with Crippen LogP contribution >= 0.6 is 0 Å². The van der Waals surface area contributed by atoms with Crippen LogP contribution in [-0.2, 0) is 28.5 Å². The maximum absolute atomic E-state index is 13.7. The van der Waals surface area contributed by atoms with Crippen LogP contribution in [0.3, 0.4) is 0 Å². The molecule has 2 aliphatic rings. The molecule has 1 heterocycles. The number of carbonyl (C=O) groups excluding carboxylic acids is 2. The summed E-state index contributed by atoms with van der Waals surface area (Å²) in [4.78, 5) is 39.0. The van der Waals surface area contributed by atoms with Gasteiger partial charge in [-0.3, -0.25) is 9.59 Å². The number of rotatable bonds is 6. The van der Waals surface area contributed by atoms with Crippen molar-refractivity contribution in [2.75, 3.05) is 13.7 Å². The summed E-state index contributed by atoms with van der Waals surface area (Å²) in [5.74, 6) is -2.23. The first-order valence-corrected chi connectivity index (χ1v) is 15.0. The molecule has 2 atom stereocenters. The maximum Gasteiger partial charge on any atom is 0.261 e. The first-order chi connectivity index (χ1) is 17.6. The van der Waals surface area contributed by atoms with E-state index in [0.29, 0.717) is 0 Å². The van der Waals surface area contributed by atoms with Gasteiger partial charge in [-0.2, -0.15) is 4.89 Å². The molecular formula is C31H40O6Si. The number of Topliss-reactive ketones (excluding diaryl/α,β-unsaturated/α-hetero) is 2. The zero-order valence-electron chi connectivity index (χ0n) is 24.0. The lowest BCUT2D eigenvalue weighted by Crippen LogP contribution is -2.69. The van der Waals surface area contributed by atoms with E-state index in [9.17, 15) is 9.59 Å². The largest absolute Gasteiger partial charge is 0.404 e. The van der Waals surface area contributed by atoms with Gasteiger partial charge in [-0.15, -0.1) is 0 Å². The number of benzene rings is 2. The van der Waals surface area contributed by atoms with Crippen LogP contribution in [0.1, 0.15) is 55.4 Å². The van der Waals surface area contributed by atoms with Crippen molar-refractivity contribution in [3.05, 3.63) is 72.3 Å². The molecule has 4 rings (SSSR count). The fourth-order valence-corrected chi connectivity index (χ4v) is 10.8. The monoisotopic (exact) mass is 536 g/mol. The summed E-state index contributed by atoms with van der Waals surface area (Å²) in [6, 6.07) is 20.7. The fraction of sp³-hybridized carbons (Fsp3) is 0.484. The molecule has 0 amide bonds. The molecule has 2 aromatic rings. The zero-order chi connectivity index (χ0) is 28.2. The molecule has 0 radical (unpaired) electrons. The predicted octanol–water partition coefficient (Wildman–Crippen LogP) is 4.76. The third kappa shape index (κ3) is 4.07. The second-order valence-electron chi connectivity index (χ2n) is 12.7. The summed E-state index contributed by atoms with van der Waals surface area (Å²) in [5.41, 5.74) is -3.20. The molecule has 1 fully saturated rings. The quantitative estimate of drug-likeness (QED) is 0.301. The molecule has 0 spiro atoms. The molecule has 38 heavy (non-hydrogen) atoms. The molecular weight excluding hydrogens is 496 g/mol. The summed E-state index contributed by atoms with van der Waals surface area (Å²) >= 11 is 0. The van der Waals surface area contributed by atoms with Crippen molar-refractivity contribution < 1.29 is 28.5 Å². The molecule has 1 aliphatic heterocycles. The minimum absolute atomic E-state index is 0.131. The Balaban J connectivity index is 1.82. The van der Waals surface area contributed by atoms with Crippen molar-refractivity contribution in [2.24, 2.45) is 10.8 Å². The number of ketones is 2. The Hall–Kier alpha value is -2.42. The Morgan fingerprint density at radius 2 is 1.32 bits per heavy atom. The highest BCUT2D eigenvalue weighted by Crippen LogP contribution is 2.54. The minimum Gasteiger partial charge on any atom is -0.404 e. The zero-order valence-corrected chi connectivity index (χ0v) is 25.0. The van der Waals surface area contributed by atoms with Crippen molar-refractivity contribution in [1.82, 2.24) is 0 Å². The maximum atomic E-state index is 13.7. The average molecular weight is 537 g/mol. The van der Waals surface area contributed by atoms with Crippen molar-refractivity contribution in [2.45, 2.75) is 71.8 Å². The van der Waals surface area contributed by atoms with Crippen LogP contribution in [0.15, 0.2) is 72.3 Å². The SMILES string of the molecule is COC12OOC(C)(CO[Si](c3ccccc3)(c3ccccc3)C(C)(C)C)C=C1C(=O)C(C)(C)C(=O)C2(C)C. The van der Waals surface area contributed by atoms with Crippen LogP contribution in [0.5, 0.6) is 0 Å². The second-order valence-corrected chi connectivity index (χ2v) is 17.0. The molecule has 1 saturated carbocycles. The standard InChI is InChI=1S/C31H40O6Si/c1-27(2,3)38(22-16-12-10-13-17-22,23-18-14-11-15-19-23)35-21-30(8)20-24-25(32)28(4,5)26(33)29(6,7)31(24,34-9)37-36-30/h10-20H,21H2,1-9H3. The molecule has 0 saturated heterocycles. The van der Waals surface area contributed by atoms with Crippen LogP contribution in [0.4, 0.5) is 0 Å². The molecule has 2 aromatic carbocycles. The van der Waals surface area contributed by atoms with Gasteiger partial charge in [0.2, 0.25) is 5.79 Å². The number of carbonyl (C=O) groups is 2. The van der Waals surface area contributed by atoms with E-state index in [2.05, 4.69) is 45.0 Å². The van der Waals surface area contributed by atoms with Gasteiger partial charge in [-0.05, 0) is 56.1 Å². The Bertz CT molecular complexity index is 1200. The van der Waals surface area contributed by atoms with E-state index in [4.69, 9.17) is 18.9 Å². The number of ether oxygens (including phenoxy) is 1. The van der Waals surface area contributed by atoms with E-state index in [-0.39, 0.29) is 28.8 Å². The molecule has 0 N–H and O–H groups in total. The van der Waals surface area contributed by atoms with Crippen LogP contribution in [0, 0.1) is 10.8 Å². The van der Waals surface area contributed by atoms with Crippen LogP contribution in [-0.4, -0.2) is 45.0 Å². The van der Waals surface area contributed by atoms with Gasteiger partial charge in [0.05, 0.1) is 23.0 Å². The number of fused-ring (bicyclic) bond motifs is 1. The highest BCUT2D eigenvalue weighted by atomic mass is 28.4. The van der Waals surface area contributed by atoms with Gasteiger partial charge < -0.3 is 9.16 Å². The van der Waals surface area contributed by atoms with E-state index >= 15 is 0 Å². The Labute approximate surface area is 227 Å². The smallest absolute Gasteiger partial charge is 0.261 e. The summed E-state index contributed by atoms with van der Waals surface area (Å²) in [6.45, 7) is 15.3. The highest BCUT2D eigenvalue weighted by Gasteiger charge is 2.68. The van der Waals surface area contributed by atoms with Crippen LogP contribution in [0.2, 0.25) is 5.04 Å². The molecule has 2 unspecified atom stereocenters. The number of hydrogen-bond donors (Lipinski definition) is 0. The van der Waals surface area contributed by atoms with Crippen molar-refractivity contribution in [3.8, 4) is 0 Å². The van der Waals surface area contributed by atoms with Crippen molar-refractivity contribution in [1.29, 1.82) is 0 Å². The van der Waals surface area contributed by atoms with Gasteiger partial charge in [0.15, 0.2) is 11.6 Å². The lowest BCUT2D eigenvalue weighted by Gasteiger charge is -2.54. The van der Waals surface area contributed by atoms with Crippen molar-refractivity contribution >= 4 is 30.3 Å². The van der Waals surface area contributed by atoms with Gasteiger partial charge in [0, 0.05) is 7.11 Å². The first-order valence-electron chi connectivity index (χ1n) is 13.1. The summed E-state index contributed by atoms with van der Waals surface area (Å²) in [7, 11) is -1.44. The van der Waals surface area contributed by atoms with Gasteiger partial charge in [0.1, 0.15) is 5.60 Å². The van der Waals surface area contributed by atoms with Gasteiger partial charge in [0.25, 0.3) is 8.32 Å². The van der Waals surface area contributed by atoms with Gasteiger partial charge in [-0.25, -0.2) is 4.89 Å².